The Hall–Kier alpha value is -2.63. The van der Waals surface area contributed by atoms with Crippen LogP contribution < -0.4 is 9.80 Å². The molecule has 6 heteroatoms. The smallest absolute Gasteiger partial charge is 0.226 e. The summed E-state index contributed by atoms with van der Waals surface area (Å²) in [6.07, 6.45) is 7.66. The SMILES string of the molecule is CN(C)c1ncnc2ccc(N3CCN(C(=O)C4CC=CC4)CC3)cc12. The molecule has 2 heterocycles. The first-order valence-corrected chi connectivity index (χ1v) is 9.24. The number of aromatic nitrogens is 2. The van der Waals surface area contributed by atoms with Gasteiger partial charge in [-0.3, -0.25) is 4.79 Å². The number of amides is 1. The molecule has 0 bridgehead atoms. The van der Waals surface area contributed by atoms with Crippen molar-refractivity contribution in [3.63, 3.8) is 0 Å². The van der Waals surface area contributed by atoms with Gasteiger partial charge in [-0.25, -0.2) is 9.97 Å². The van der Waals surface area contributed by atoms with Gasteiger partial charge in [-0.1, -0.05) is 12.2 Å². The standard InChI is InChI=1S/C20H25N5O/c1-23(2)19-17-13-16(7-8-18(17)21-14-22-19)24-9-11-25(12-10-24)20(26)15-5-3-4-6-15/h3-4,7-8,13-15H,5-6,9-12H2,1-2H3. The van der Waals surface area contributed by atoms with Crippen molar-refractivity contribution in [3.8, 4) is 0 Å². The van der Waals surface area contributed by atoms with E-state index in [2.05, 4.69) is 45.2 Å². The molecule has 2 aromatic rings. The van der Waals surface area contributed by atoms with Crippen LogP contribution in [0.4, 0.5) is 11.5 Å². The van der Waals surface area contributed by atoms with Crippen LogP contribution in [0.15, 0.2) is 36.7 Å². The summed E-state index contributed by atoms with van der Waals surface area (Å²) in [6.45, 7) is 3.31. The quantitative estimate of drug-likeness (QED) is 0.795. The molecular formula is C20H25N5O. The van der Waals surface area contributed by atoms with Gasteiger partial charge in [0, 0.05) is 57.3 Å². The van der Waals surface area contributed by atoms with E-state index >= 15 is 0 Å². The van der Waals surface area contributed by atoms with Crippen LogP contribution in [0.1, 0.15) is 12.8 Å². The molecule has 1 aliphatic carbocycles. The van der Waals surface area contributed by atoms with Crippen molar-refractivity contribution in [2.75, 3.05) is 50.1 Å². The highest BCUT2D eigenvalue weighted by atomic mass is 16.2. The van der Waals surface area contributed by atoms with E-state index in [4.69, 9.17) is 0 Å². The molecular weight excluding hydrogens is 326 g/mol. The fraction of sp³-hybridized carbons (Fsp3) is 0.450. The molecule has 1 amide bonds. The van der Waals surface area contributed by atoms with E-state index < -0.39 is 0 Å². The highest BCUT2D eigenvalue weighted by Crippen LogP contribution is 2.28. The van der Waals surface area contributed by atoms with E-state index in [1.165, 1.54) is 5.69 Å². The normalized spacial score (nSPS) is 17.9. The molecule has 0 spiro atoms. The minimum absolute atomic E-state index is 0.169. The Morgan fingerprint density at radius 2 is 1.81 bits per heavy atom. The van der Waals surface area contributed by atoms with E-state index in [1.54, 1.807) is 6.33 Å². The molecule has 1 aromatic carbocycles. The molecule has 136 valence electrons. The van der Waals surface area contributed by atoms with Crippen molar-refractivity contribution in [3.05, 3.63) is 36.7 Å². The maximum atomic E-state index is 12.6. The number of rotatable bonds is 3. The monoisotopic (exact) mass is 351 g/mol. The molecule has 0 unspecified atom stereocenters. The lowest BCUT2D eigenvalue weighted by Gasteiger charge is -2.37. The van der Waals surface area contributed by atoms with E-state index in [1.807, 2.05) is 23.9 Å². The predicted octanol–water partition coefficient (Wildman–Crippen LogP) is 2.31. The number of anilines is 2. The molecule has 1 fully saturated rings. The van der Waals surface area contributed by atoms with Crippen molar-refractivity contribution < 1.29 is 4.79 Å². The maximum Gasteiger partial charge on any atom is 0.226 e. The first-order chi connectivity index (χ1) is 12.6. The van der Waals surface area contributed by atoms with Crippen LogP contribution in [0.3, 0.4) is 0 Å². The molecule has 1 saturated heterocycles. The number of carbonyl (C=O) groups excluding carboxylic acids is 1. The topological polar surface area (TPSA) is 52.6 Å². The average molecular weight is 351 g/mol. The van der Waals surface area contributed by atoms with Gasteiger partial charge in [-0.15, -0.1) is 0 Å². The summed E-state index contributed by atoms with van der Waals surface area (Å²) >= 11 is 0. The predicted molar refractivity (Wildman–Crippen MR) is 105 cm³/mol. The van der Waals surface area contributed by atoms with Crippen LogP contribution in [-0.4, -0.2) is 61.0 Å². The van der Waals surface area contributed by atoms with Crippen LogP contribution in [0, 0.1) is 5.92 Å². The van der Waals surface area contributed by atoms with Crippen molar-refractivity contribution in [2.45, 2.75) is 12.8 Å². The zero-order chi connectivity index (χ0) is 18.1. The van der Waals surface area contributed by atoms with E-state index in [9.17, 15) is 4.79 Å². The average Bonchev–Trinajstić information content (AvgIpc) is 3.21. The van der Waals surface area contributed by atoms with Crippen LogP contribution in [-0.2, 0) is 4.79 Å². The molecule has 26 heavy (non-hydrogen) atoms. The lowest BCUT2D eigenvalue weighted by Crippen LogP contribution is -2.50. The number of benzene rings is 1. The number of piperazine rings is 1. The number of allylic oxidation sites excluding steroid dienone is 2. The van der Waals surface area contributed by atoms with Gasteiger partial charge in [0.2, 0.25) is 5.91 Å². The Morgan fingerprint density at radius 3 is 2.50 bits per heavy atom. The van der Waals surface area contributed by atoms with Crippen molar-refractivity contribution in [1.82, 2.24) is 14.9 Å². The number of hydrogen-bond acceptors (Lipinski definition) is 5. The van der Waals surface area contributed by atoms with E-state index in [0.717, 1.165) is 55.7 Å². The number of carbonyl (C=O) groups is 1. The third-order valence-electron chi connectivity index (χ3n) is 5.34. The highest BCUT2D eigenvalue weighted by Gasteiger charge is 2.27. The van der Waals surface area contributed by atoms with Crippen LogP contribution in [0.5, 0.6) is 0 Å². The second kappa shape index (κ2) is 6.94. The summed E-state index contributed by atoms with van der Waals surface area (Å²) in [4.78, 5) is 27.8. The molecule has 0 radical (unpaired) electrons. The summed E-state index contributed by atoms with van der Waals surface area (Å²) in [7, 11) is 3.99. The van der Waals surface area contributed by atoms with Crippen LogP contribution >= 0.6 is 0 Å². The number of fused-ring (bicyclic) bond motifs is 1. The van der Waals surface area contributed by atoms with Gasteiger partial charge in [-0.05, 0) is 31.0 Å². The minimum atomic E-state index is 0.169. The van der Waals surface area contributed by atoms with Crippen LogP contribution in [0.2, 0.25) is 0 Å². The summed E-state index contributed by atoms with van der Waals surface area (Å²) in [6, 6.07) is 6.34. The minimum Gasteiger partial charge on any atom is -0.368 e. The van der Waals surface area contributed by atoms with Gasteiger partial charge >= 0.3 is 0 Å². The van der Waals surface area contributed by atoms with Crippen molar-refractivity contribution >= 4 is 28.3 Å². The first kappa shape index (κ1) is 16.8. The maximum absolute atomic E-state index is 12.6. The van der Waals surface area contributed by atoms with Gasteiger partial charge in [0.1, 0.15) is 12.1 Å². The first-order valence-electron chi connectivity index (χ1n) is 9.24. The molecule has 6 nitrogen and oxygen atoms in total. The van der Waals surface area contributed by atoms with Crippen LogP contribution in [0.25, 0.3) is 10.9 Å². The summed E-state index contributed by atoms with van der Waals surface area (Å²) in [5, 5.41) is 1.06. The lowest BCUT2D eigenvalue weighted by atomic mass is 10.1. The molecule has 0 saturated carbocycles. The fourth-order valence-electron chi connectivity index (χ4n) is 3.85. The fourth-order valence-corrected chi connectivity index (χ4v) is 3.85. The lowest BCUT2D eigenvalue weighted by molar-refractivity contribution is -0.135. The Morgan fingerprint density at radius 1 is 1.08 bits per heavy atom. The summed E-state index contributed by atoms with van der Waals surface area (Å²) < 4.78 is 0. The Kier molecular flexibility index (Phi) is 4.49. The van der Waals surface area contributed by atoms with Gasteiger partial charge in [0.25, 0.3) is 0 Å². The number of hydrogen-bond donors (Lipinski definition) is 0. The van der Waals surface area contributed by atoms with E-state index in [-0.39, 0.29) is 5.92 Å². The molecule has 1 aromatic heterocycles. The Bertz CT molecular complexity index is 831. The molecule has 0 N–H and O–H groups in total. The molecule has 2 aliphatic rings. The van der Waals surface area contributed by atoms with Gasteiger partial charge in [-0.2, -0.15) is 0 Å². The van der Waals surface area contributed by atoms with Gasteiger partial charge in [0.05, 0.1) is 5.52 Å². The van der Waals surface area contributed by atoms with E-state index in [0.29, 0.717) is 5.91 Å². The van der Waals surface area contributed by atoms with Crippen molar-refractivity contribution in [1.29, 1.82) is 0 Å². The van der Waals surface area contributed by atoms with Gasteiger partial charge in [0.15, 0.2) is 0 Å². The molecule has 4 rings (SSSR count). The highest BCUT2D eigenvalue weighted by molar-refractivity contribution is 5.91. The second-order valence-corrected chi connectivity index (χ2v) is 7.25. The second-order valence-electron chi connectivity index (χ2n) is 7.25. The summed E-state index contributed by atoms with van der Waals surface area (Å²) in [5.41, 5.74) is 2.13. The number of nitrogens with zero attached hydrogens (tertiary/aromatic N) is 5. The summed E-state index contributed by atoms with van der Waals surface area (Å²) in [5.74, 6) is 1.41. The molecule has 1 aliphatic heterocycles. The molecule has 0 atom stereocenters. The zero-order valence-corrected chi connectivity index (χ0v) is 15.4. The third-order valence-corrected chi connectivity index (χ3v) is 5.34. The van der Waals surface area contributed by atoms with Gasteiger partial charge < -0.3 is 14.7 Å². The van der Waals surface area contributed by atoms with Crippen molar-refractivity contribution in [2.24, 2.45) is 5.92 Å². The zero-order valence-electron chi connectivity index (χ0n) is 15.4. The largest absolute Gasteiger partial charge is 0.368 e. The third kappa shape index (κ3) is 3.11. The Balaban J connectivity index is 1.49. The Labute approximate surface area is 154 Å².